The summed E-state index contributed by atoms with van der Waals surface area (Å²) in [5.41, 5.74) is 2.80. The highest BCUT2D eigenvalue weighted by Crippen LogP contribution is 2.29. The van der Waals surface area contributed by atoms with Crippen LogP contribution in [0.3, 0.4) is 0 Å². The number of hydrogen-bond donors (Lipinski definition) is 0. The third kappa shape index (κ3) is 3.20. The van der Waals surface area contributed by atoms with E-state index in [1.54, 1.807) is 12.1 Å². The van der Waals surface area contributed by atoms with E-state index >= 15 is 0 Å². The second-order valence-electron chi connectivity index (χ2n) is 4.13. The van der Waals surface area contributed by atoms with Crippen LogP contribution in [0.4, 0.5) is 15.8 Å². The van der Waals surface area contributed by atoms with Crippen molar-refractivity contribution in [3.05, 3.63) is 58.9 Å². The molecule has 0 aliphatic rings. The average molecular weight is 298 g/mol. The Hall–Kier alpha value is -1.25. The Bertz CT molecular complexity index is 555. The van der Waals surface area contributed by atoms with E-state index < -0.39 is 0 Å². The Labute approximate surface area is 122 Å². The summed E-state index contributed by atoms with van der Waals surface area (Å²) in [5.74, 6) is 0.150. The zero-order valence-corrected chi connectivity index (χ0v) is 12.0. The molecule has 0 radical (unpaired) electrons. The molecule has 2 rings (SSSR count). The molecule has 4 heteroatoms. The summed E-state index contributed by atoms with van der Waals surface area (Å²) in [7, 11) is 0. The first kappa shape index (κ1) is 14.2. The molecular weight excluding hydrogens is 284 g/mol. The van der Waals surface area contributed by atoms with Gasteiger partial charge in [-0.15, -0.1) is 11.6 Å². The first-order valence-corrected chi connectivity index (χ1v) is 6.94. The van der Waals surface area contributed by atoms with Crippen LogP contribution in [0.2, 0.25) is 5.02 Å². The van der Waals surface area contributed by atoms with Crippen molar-refractivity contribution in [2.24, 2.45) is 0 Å². The third-order valence-corrected chi connectivity index (χ3v) is 3.59. The van der Waals surface area contributed by atoms with Crippen molar-refractivity contribution in [2.75, 3.05) is 11.4 Å². The van der Waals surface area contributed by atoms with Crippen LogP contribution in [0.5, 0.6) is 0 Å². The number of benzene rings is 2. The van der Waals surface area contributed by atoms with Gasteiger partial charge in [-0.3, -0.25) is 0 Å². The molecule has 0 bridgehead atoms. The van der Waals surface area contributed by atoms with Gasteiger partial charge in [0.15, 0.2) is 0 Å². The lowest BCUT2D eigenvalue weighted by atomic mass is 10.2. The smallest absolute Gasteiger partial charge is 0.123 e. The van der Waals surface area contributed by atoms with E-state index in [1.807, 2.05) is 25.1 Å². The van der Waals surface area contributed by atoms with Crippen LogP contribution in [-0.4, -0.2) is 6.54 Å². The van der Waals surface area contributed by atoms with Crippen molar-refractivity contribution < 1.29 is 4.39 Å². The van der Waals surface area contributed by atoms with E-state index in [4.69, 9.17) is 23.2 Å². The van der Waals surface area contributed by atoms with Crippen LogP contribution in [0, 0.1) is 5.82 Å². The summed E-state index contributed by atoms with van der Waals surface area (Å²) in [6, 6.07) is 12.2. The summed E-state index contributed by atoms with van der Waals surface area (Å²) in [6.07, 6.45) is 0. The van der Waals surface area contributed by atoms with Crippen LogP contribution >= 0.6 is 23.2 Å². The molecule has 0 aliphatic heterocycles. The topological polar surface area (TPSA) is 3.24 Å². The van der Waals surface area contributed by atoms with Crippen LogP contribution in [0.25, 0.3) is 0 Å². The molecule has 0 N–H and O–H groups in total. The predicted molar refractivity (Wildman–Crippen MR) is 80.1 cm³/mol. The molecule has 0 unspecified atom stereocenters. The highest BCUT2D eigenvalue weighted by Gasteiger charge is 2.09. The molecule has 0 aromatic heterocycles. The fourth-order valence-electron chi connectivity index (χ4n) is 1.95. The first-order valence-electron chi connectivity index (χ1n) is 6.03. The SMILES string of the molecule is CCN(c1ccc(F)cc1)c1ccc(CCl)c(Cl)c1. The molecule has 0 saturated heterocycles. The minimum atomic E-state index is -0.240. The second-order valence-corrected chi connectivity index (χ2v) is 4.80. The van der Waals surface area contributed by atoms with Crippen LogP contribution in [0.1, 0.15) is 12.5 Å². The van der Waals surface area contributed by atoms with Gasteiger partial charge in [-0.2, -0.15) is 0 Å². The summed E-state index contributed by atoms with van der Waals surface area (Å²) < 4.78 is 13.0. The van der Waals surface area contributed by atoms with E-state index in [0.29, 0.717) is 10.9 Å². The van der Waals surface area contributed by atoms with Gasteiger partial charge < -0.3 is 4.90 Å². The molecule has 100 valence electrons. The van der Waals surface area contributed by atoms with Gasteiger partial charge in [-0.1, -0.05) is 17.7 Å². The Morgan fingerprint density at radius 2 is 1.68 bits per heavy atom. The zero-order chi connectivity index (χ0) is 13.8. The lowest BCUT2D eigenvalue weighted by molar-refractivity contribution is 0.628. The van der Waals surface area contributed by atoms with Crippen molar-refractivity contribution in [3.63, 3.8) is 0 Å². The number of rotatable bonds is 4. The largest absolute Gasteiger partial charge is 0.342 e. The summed E-state index contributed by atoms with van der Waals surface area (Å²) in [5, 5.41) is 0.646. The number of halogens is 3. The monoisotopic (exact) mass is 297 g/mol. The van der Waals surface area contributed by atoms with Gasteiger partial charge in [0.25, 0.3) is 0 Å². The molecule has 2 aromatic rings. The Morgan fingerprint density at radius 3 is 2.21 bits per heavy atom. The minimum absolute atomic E-state index is 0.240. The molecule has 2 aromatic carbocycles. The number of hydrogen-bond acceptors (Lipinski definition) is 1. The van der Waals surface area contributed by atoms with Crippen molar-refractivity contribution in [1.82, 2.24) is 0 Å². The maximum Gasteiger partial charge on any atom is 0.123 e. The van der Waals surface area contributed by atoms with E-state index in [0.717, 1.165) is 23.5 Å². The third-order valence-electron chi connectivity index (χ3n) is 2.95. The highest BCUT2D eigenvalue weighted by molar-refractivity contribution is 6.32. The molecule has 0 saturated carbocycles. The number of alkyl halides is 1. The van der Waals surface area contributed by atoms with Gasteiger partial charge in [0.05, 0.1) is 0 Å². The number of nitrogens with zero attached hydrogens (tertiary/aromatic N) is 1. The number of anilines is 2. The van der Waals surface area contributed by atoms with E-state index in [9.17, 15) is 4.39 Å². The van der Waals surface area contributed by atoms with Crippen molar-refractivity contribution in [2.45, 2.75) is 12.8 Å². The molecule has 0 atom stereocenters. The lowest BCUT2D eigenvalue weighted by Crippen LogP contribution is -2.15. The maximum atomic E-state index is 13.0. The Balaban J connectivity index is 2.36. The summed E-state index contributed by atoms with van der Waals surface area (Å²) >= 11 is 12.0. The molecule has 0 aliphatic carbocycles. The molecule has 19 heavy (non-hydrogen) atoms. The second kappa shape index (κ2) is 6.27. The molecule has 1 nitrogen and oxygen atoms in total. The Morgan fingerprint density at radius 1 is 1.05 bits per heavy atom. The molecule has 0 fully saturated rings. The zero-order valence-electron chi connectivity index (χ0n) is 10.5. The van der Waals surface area contributed by atoms with Crippen LogP contribution in [0.15, 0.2) is 42.5 Å². The van der Waals surface area contributed by atoms with E-state index in [-0.39, 0.29) is 5.82 Å². The molecule has 0 heterocycles. The highest BCUT2D eigenvalue weighted by atomic mass is 35.5. The maximum absolute atomic E-state index is 13.0. The summed E-state index contributed by atoms with van der Waals surface area (Å²) in [4.78, 5) is 2.06. The fourth-order valence-corrected chi connectivity index (χ4v) is 2.49. The average Bonchev–Trinajstić information content (AvgIpc) is 2.42. The van der Waals surface area contributed by atoms with E-state index in [1.165, 1.54) is 12.1 Å². The minimum Gasteiger partial charge on any atom is -0.342 e. The van der Waals surface area contributed by atoms with Crippen LogP contribution < -0.4 is 4.90 Å². The van der Waals surface area contributed by atoms with Crippen molar-refractivity contribution in [1.29, 1.82) is 0 Å². The van der Waals surface area contributed by atoms with Gasteiger partial charge in [0.1, 0.15) is 5.82 Å². The van der Waals surface area contributed by atoms with Crippen LogP contribution in [-0.2, 0) is 5.88 Å². The quantitative estimate of drug-likeness (QED) is 0.685. The van der Waals surface area contributed by atoms with Crippen molar-refractivity contribution in [3.8, 4) is 0 Å². The molecule has 0 amide bonds. The molecular formula is C15H14Cl2FN. The van der Waals surface area contributed by atoms with E-state index in [2.05, 4.69) is 4.90 Å². The predicted octanol–water partition coefficient (Wildman–Crippen LogP) is 5.38. The summed E-state index contributed by atoms with van der Waals surface area (Å²) in [6.45, 7) is 2.80. The van der Waals surface area contributed by atoms with Crippen molar-refractivity contribution >= 4 is 34.6 Å². The van der Waals surface area contributed by atoms with Gasteiger partial charge in [0, 0.05) is 28.8 Å². The Kier molecular flexibility index (Phi) is 4.67. The van der Waals surface area contributed by atoms with Gasteiger partial charge >= 0.3 is 0 Å². The normalized spacial score (nSPS) is 10.5. The standard InChI is InChI=1S/C15H14Cl2FN/c1-2-19(13-7-4-12(18)5-8-13)14-6-3-11(10-16)15(17)9-14/h3-9H,2,10H2,1H3. The van der Waals surface area contributed by atoms with Gasteiger partial charge in [-0.25, -0.2) is 4.39 Å². The molecule has 0 spiro atoms. The van der Waals surface area contributed by atoms with Gasteiger partial charge in [-0.05, 0) is 48.9 Å². The first-order chi connectivity index (χ1) is 9.15. The fraction of sp³-hybridized carbons (Fsp3) is 0.200. The lowest BCUT2D eigenvalue weighted by Gasteiger charge is -2.24. The van der Waals surface area contributed by atoms with Gasteiger partial charge in [0.2, 0.25) is 0 Å².